The maximum atomic E-state index is 5.87. The van der Waals surface area contributed by atoms with Crippen molar-refractivity contribution in [3.05, 3.63) is 42.7 Å². The Bertz CT molecular complexity index is 841. The first-order valence-electron chi connectivity index (χ1n) is 7.74. The lowest BCUT2D eigenvalue weighted by Crippen LogP contribution is -2.44. The Balaban J connectivity index is 1.72. The number of fused-ring (bicyclic) bond motifs is 1. The molecule has 1 saturated heterocycles. The van der Waals surface area contributed by atoms with Crippen LogP contribution in [0, 0.1) is 0 Å². The van der Waals surface area contributed by atoms with Gasteiger partial charge in [-0.15, -0.1) is 0 Å². The molecule has 23 heavy (non-hydrogen) atoms. The van der Waals surface area contributed by atoms with Crippen LogP contribution in [0.2, 0.25) is 0 Å². The van der Waals surface area contributed by atoms with E-state index in [0.717, 1.165) is 60.0 Å². The van der Waals surface area contributed by atoms with E-state index in [1.165, 1.54) is 0 Å². The van der Waals surface area contributed by atoms with E-state index in [9.17, 15) is 0 Å². The zero-order valence-electron chi connectivity index (χ0n) is 12.7. The summed E-state index contributed by atoms with van der Waals surface area (Å²) in [7, 11) is 0. The minimum Gasteiger partial charge on any atom is -0.399 e. The number of rotatable bonds is 2. The highest BCUT2D eigenvalue weighted by molar-refractivity contribution is 5.85. The Morgan fingerprint density at radius 2 is 1.91 bits per heavy atom. The zero-order valence-corrected chi connectivity index (χ0v) is 12.7. The number of hydrogen-bond acceptors (Lipinski definition) is 6. The van der Waals surface area contributed by atoms with Gasteiger partial charge in [0, 0.05) is 55.2 Å². The average Bonchev–Trinajstić information content (AvgIpc) is 2.62. The number of benzene rings is 1. The lowest BCUT2D eigenvalue weighted by Gasteiger charge is -2.27. The van der Waals surface area contributed by atoms with E-state index in [2.05, 4.69) is 26.3 Å². The van der Waals surface area contributed by atoms with Crippen molar-refractivity contribution in [2.75, 3.05) is 36.8 Å². The van der Waals surface area contributed by atoms with Crippen LogP contribution >= 0.6 is 0 Å². The maximum Gasteiger partial charge on any atom is 0.225 e. The summed E-state index contributed by atoms with van der Waals surface area (Å²) < 4.78 is 0. The molecule has 6 nitrogen and oxygen atoms in total. The van der Waals surface area contributed by atoms with Gasteiger partial charge in [0.2, 0.25) is 5.95 Å². The fraction of sp³-hybridized carbons (Fsp3) is 0.235. The molecule has 4 rings (SSSR count). The number of anilines is 2. The van der Waals surface area contributed by atoms with Crippen molar-refractivity contribution in [3.63, 3.8) is 0 Å². The predicted molar refractivity (Wildman–Crippen MR) is 92.3 cm³/mol. The van der Waals surface area contributed by atoms with Gasteiger partial charge in [-0.05, 0) is 30.3 Å². The largest absolute Gasteiger partial charge is 0.399 e. The van der Waals surface area contributed by atoms with Crippen molar-refractivity contribution in [2.24, 2.45) is 0 Å². The highest BCUT2D eigenvalue weighted by Crippen LogP contribution is 2.23. The van der Waals surface area contributed by atoms with Crippen molar-refractivity contribution >= 4 is 22.5 Å². The molecule has 2 aromatic heterocycles. The van der Waals surface area contributed by atoms with E-state index in [1.54, 1.807) is 0 Å². The van der Waals surface area contributed by atoms with Gasteiger partial charge in [-0.2, -0.15) is 0 Å². The molecule has 0 unspecified atom stereocenters. The van der Waals surface area contributed by atoms with Crippen molar-refractivity contribution in [2.45, 2.75) is 0 Å². The first-order valence-corrected chi connectivity index (χ1v) is 7.74. The molecule has 3 heterocycles. The molecule has 0 amide bonds. The predicted octanol–water partition coefficient (Wildman–Crippen LogP) is 1.68. The lowest BCUT2D eigenvalue weighted by atomic mass is 10.1. The summed E-state index contributed by atoms with van der Waals surface area (Å²) in [6, 6.07) is 9.72. The number of nitrogen functional groups attached to an aromatic ring is 1. The highest BCUT2D eigenvalue weighted by Gasteiger charge is 2.14. The first kappa shape index (κ1) is 13.9. The fourth-order valence-corrected chi connectivity index (χ4v) is 2.82. The molecular weight excluding hydrogens is 288 g/mol. The molecule has 116 valence electrons. The lowest BCUT2D eigenvalue weighted by molar-refractivity contribution is 0.580. The Kier molecular flexibility index (Phi) is 3.51. The Labute approximate surface area is 134 Å². The maximum absolute atomic E-state index is 5.87. The van der Waals surface area contributed by atoms with Crippen LogP contribution < -0.4 is 16.0 Å². The van der Waals surface area contributed by atoms with Gasteiger partial charge < -0.3 is 16.0 Å². The molecule has 0 spiro atoms. The van der Waals surface area contributed by atoms with Gasteiger partial charge in [-0.25, -0.2) is 9.97 Å². The van der Waals surface area contributed by atoms with Crippen molar-refractivity contribution in [1.29, 1.82) is 0 Å². The molecule has 1 aliphatic heterocycles. The topological polar surface area (TPSA) is 80.0 Å². The molecular formula is C17H18N6. The molecule has 1 aliphatic rings. The van der Waals surface area contributed by atoms with E-state index in [1.807, 2.05) is 36.7 Å². The molecule has 1 fully saturated rings. The number of nitrogens with one attached hydrogen (secondary N) is 1. The molecule has 3 aromatic rings. The molecule has 0 aliphatic carbocycles. The first-order chi connectivity index (χ1) is 11.3. The van der Waals surface area contributed by atoms with Gasteiger partial charge in [0.1, 0.15) is 0 Å². The van der Waals surface area contributed by atoms with Crippen LogP contribution in [0.25, 0.3) is 22.2 Å². The van der Waals surface area contributed by atoms with E-state index in [-0.39, 0.29) is 0 Å². The van der Waals surface area contributed by atoms with Crippen molar-refractivity contribution in [3.8, 4) is 11.3 Å². The van der Waals surface area contributed by atoms with Crippen LogP contribution in [0.1, 0.15) is 0 Å². The number of nitrogens with zero attached hydrogens (tertiary/aromatic N) is 4. The van der Waals surface area contributed by atoms with Gasteiger partial charge in [0.25, 0.3) is 0 Å². The van der Waals surface area contributed by atoms with Gasteiger partial charge in [-0.3, -0.25) is 4.98 Å². The number of nitrogens with two attached hydrogens (primary N) is 1. The number of piperazine rings is 1. The second-order valence-electron chi connectivity index (χ2n) is 5.66. The standard InChI is InChI=1S/C17H18N6/c18-14-1-2-15-12(10-14)9-13(11-21-15)16-3-4-20-17(22-16)23-7-5-19-6-8-23/h1-4,9-11,19H,5-8,18H2. The zero-order chi connectivity index (χ0) is 15.6. The Morgan fingerprint density at radius 1 is 1.04 bits per heavy atom. The van der Waals surface area contributed by atoms with Gasteiger partial charge in [0.15, 0.2) is 0 Å². The summed E-state index contributed by atoms with van der Waals surface area (Å²) in [6.45, 7) is 3.78. The summed E-state index contributed by atoms with van der Waals surface area (Å²) in [5.41, 5.74) is 9.39. The van der Waals surface area contributed by atoms with Gasteiger partial charge in [-0.1, -0.05) is 0 Å². The molecule has 0 radical (unpaired) electrons. The second kappa shape index (κ2) is 5.81. The van der Waals surface area contributed by atoms with E-state index < -0.39 is 0 Å². The average molecular weight is 306 g/mol. The van der Waals surface area contributed by atoms with Crippen molar-refractivity contribution < 1.29 is 0 Å². The number of aromatic nitrogens is 3. The molecule has 1 aromatic carbocycles. The third-order valence-electron chi connectivity index (χ3n) is 4.04. The normalized spacial score (nSPS) is 15.0. The summed E-state index contributed by atoms with van der Waals surface area (Å²) in [5.74, 6) is 0.775. The van der Waals surface area contributed by atoms with E-state index in [4.69, 9.17) is 10.7 Å². The minimum atomic E-state index is 0.737. The van der Waals surface area contributed by atoms with Crippen LogP contribution in [0.4, 0.5) is 11.6 Å². The van der Waals surface area contributed by atoms with Crippen LogP contribution in [-0.2, 0) is 0 Å². The minimum absolute atomic E-state index is 0.737. The smallest absolute Gasteiger partial charge is 0.225 e. The third-order valence-corrected chi connectivity index (χ3v) is 4.04. The van der Waals surface area contributed by atoms with Crippen LogP contribution in [0.5, 0.6) is 0 Å². The number of hydrogen-bond donors (Lipinski definition) is 2. The van der Waals surface area contributed by atoms with E-state index in [0.29, 0.717) is 0 Å². The van der Waals surface area contributed by atoms with Crippen LogP contribution in [-0.4, -0.2) is 41.1 Å². The Hall–Kier alpha value is -2.73. The molecule has 3 N–H and O–H groups in total. The summed E-state index contributed by atoms with van der Waals surface area (Å²) >= 11 is 0. The van der Waals surface area contributed by atoms with Crippen LogP contribution in [0.3, 0.4) is 0 Å². The second-order valence-corrected chi connectivity index (χ2v) is 5.66. The molecule has 0 bridgehead atoms. The molecule has 0 saturated carbocycles. The van der Waals surface area contributed by atoms with Crippen molar-refractivity contribution in [1.82, 2.24) is 20.3 Å². The van der Waals surface area contributed by atoms with Crippen LogP contribution in [0.15, 0.2) is 42.7 Å². The molecule has 0 atom stereocenters. The SMILES string of the molecule is Nc1ccc2ncc(-c3ccnc(N4CCNCC4)n3)cc2c1. The summed E-state index contributed by atoms with van der Waals surface area (Å²) in [4.78, 5) is 15.8. The summed E-state index contributed by atoms with van der Waals surface area (Å²) in [5, 5.41) is 4.36. The fourth-order valence-electron chi connectivity index (χ4n) is 2.82. The Morgan fingerprint density at radius 3 is 2.78 bits per heavy atom. The third kappa shape index (κ3) is 2.80. The van der Waals surface area contributed by atoms with E-state index >= 15 is 0 Å². The summed E-state index contributed by atoms with van der Waals surface area (Å²) in [6.07, 6.45) is 3.66. The van der Waals surface area contributed by atoms with Gasteiger partial charge in [0.05, 0.1) is 11.2 Å². The monoisotopic (exact) mass is 306 g/mol. The highest BCUT2D eigenvalue weighted by atomic mass is 15.3. The molecule has 6 heteroatoms. The van der Waals surface area contributed by atoms with Gasteiger partial charge >= 0.3 is 0 Å². The number of pyridine rings is 1. The quantitative estimate of drug-likeness (QED) is 0.701.